The molecule has 1 aromatic carbocycles. The lowest BCUT2D eigenvalue weighted by atomic mass is 9.94. The number of nitrogens with zero attached hydrogens (tertiary/aromatic N) is 4. The van der Waals surface area contributed by atoms with E-state index in [1.54, 1.807) is 7.11 Å². The summed E-state index contributed by atoms with van der Waals surface area (Å²) in [6.45, 7) is 1.90. The second-order valence-electron chi connectivity index (χ2n) is 6.91. The summed E-state index contributed by atoms with van der Waals surface area (Å²) in [5, 5.41) is 8.62. The Morgan fingerprint density at radius 1 is 1.26 bits per heavy atom. The molecule has 1 atom stereocenters. The Morgan fingerprint density at radius 3 is 2.56 bits per heavy atom. The van der Waals surface area contributed by atoms with E-state index in [4.69, 9.17) is 10.6 Å². The number of amides is 1. The molecule has 0 bridgehead atoms. The fourth-order valence-corrected chi connectivity index (χ4v) is 4.31. The van der Waals surface area contributed by atoms with Gasteiger partial charge in [0, 0.05) is 18.7 Å². The minimum Gasteiger partial charge on any atom is -0.497 e. The highest BCUT2D eigenvalue weighted by molar-refractivity contribution is 8.00. The Labute approximate surface area is 164 Å². The largest absolute Gasteiger partial charge is 0.497 e. The number of methoxy groups -OCH3 is 1. The van der Waals surface area contributed by atoms with Crippen molar-refractivity contribution in [1.29, 1.82) is 0 Å². The molecule has 27 heavy (non-hydrogen) atoms. The number of hydrogen-bond donors (Lipinski definition) is 1. The van der Waals surface area contributed by atoms with Crippen LogP contribution in [0.1, 0.15) is 39.0 Å². The number of benzene rings is 1. The van der Waals surface area contributed by atoms with Crippen molar-refractivity contribution in [2.24, 2.45) is 0 Å². The molecule has 0 unspecified atom stereocenters. The van der Waals surface area contributed by atoms with E-state index in [0.717, 1.165) is 24.2 Å². The first-order valence-corrected chi connectivity index (χ1v) is 10.2. The summed E-state index contributed by atoms with van der Waals surface area (Å²) >= 11 is 1.34. The molecule has 7 nitrogen and oxygen atoms in total. The maximum Gasteiger partial charge on any atom is 0.235 e. The number of nitrogen functional groups attached to an aromatic ring is 1. The van der Waals surface area contributed by atoms with Crippen LogP contribution in [0.15, 0.2) is 29.4 Å². The van der Waals surface area contributed by atoms with Crippen molar-refractivity contribution in [3.63, 3.8) is 0 Å². The summed E-state index contributed by atoms with van der Waals surface area (Å²) < 4.78 is 6.61. The maximum atomic E-state index is 12.8. The zero-order valence-corrected chi connectivity index (χ0v) is 16.9. The number of nitrogens with two attached hydrogens (primary N) is 1. The van der Waals surface area contributed by atoms with E-state index in [2.05, 4.69) is 10.2 Å². The van der Waals surface area contributed by atoms with Gasteiger partial charge in [0.2, 0.25) is 11.1 Å². The van der Waals surface area contributed by atoms with Gasteiger partial charge in [0.15, 0.2) is 5.82 Å². The highest BCUT2D eigenvalue weighted by atomic mass is 32.2. The Morgan fingerprint density at radius 2 is 1.93 bits per heavy atom. The third kappa shape index (κ3) is 4.37. The topological polar surface area (TPSA) is 86.3 Å². The van der Waals surface area contributed by atoms with Crippen LogP contribution in [0.2, 0.25) is 0 Å². The summed E-state index contributed by atoms with van der Waals surface area (Å²) in [5.41, 5.74) is 0.843. The van der Waals surface area contributed by atoms with Gasteiger partial charge in [-0.2, -0.15) is 0 Å². The highest BCUT2D eigenvalue weighted by Gasteiger charge is 2.27. The molecule has 3 rings (SSSR count). The van der Waals surface area contributed by atoms with Crippen molar-refractivity contribution >= 4 is 17.7 Å². The second-order valence-corrected chi connectivity index (χ2v) is 8.21. The molecule has 2 aromatic rings. The minimum absolute atomic E-state index is 0.112. The van der Waals surface area contributed by atoms with Gasteiger partial charge in [-0.1, -0.05) is 31.0 Å². The van der Waals surface area contributed by atoms with Crippen LogP contribution in [-0.2, 0) is 4.79 Å². The van der Waals surface area contributed by atoms with Crippen LogP contribution in [-0.4, -0.2) is 51.1 Å². The maximum absolute atomic E-state index is 12.8. The van der Waals surface area contributed by atoms with Crippen LogP contribution >= 0.6 is 11.8 Å². The smallest absolute Gasteiger partial charge is 0.235 e. The lowest BCUT2D eigenvalue weighted by molar-refractivity contribution is -0.131. The van der Waals surface area contributed by atoms with Crippen LogP contribution in [0.4, 0.5) is 0 Å². The van der Waals surface area contributed by atoms with E-state index in [0.29, 0.717) is 17.0 Å². The molecule has 146 valence electrons. The molecule has 8 heteroatoms. The molecule has 1 aliphatic carbocycles. The number of aromatic nitrogens is 3. The fraction of sp³-hybridized carbons (Fsp3) is 0.526. The Balaban J connectivity index is 1.68. The molecular formula is C19H27N5O2S. The molecule has 1 aliphatic rings. The fourth-order valence-electron chi connectivity index (χ4n) is 3.44. The number of carbonyl (C=O) groups is 1. The first-order chi connectivity index (χ1) is 13.0. The van der Waals surface area contributed by atoms with Crippen molar-refractivity contribution in [2.75, 3.05) is 20.0 Å². The van der Waals surface area contributed by atoms with Gasteiger partial charge in [0.05, 0.1) is 12.4 Å². The number of hydrogen-bond acceptors (Lipinski definition) is 6. The van der Waals surface area contributed by atoms with Gasteiger partial charge >= 0.3 is 0 Å². The second kappa shape index (κ2) is 8.65. The summed E-state index contributed by atoms with van der Waals surface area (Å²) in [5.74, 6) is 7.62. The quantitative estimate of drug-likeness (QED) is 0.604. The molecule has 1 saturated carbocycles. The molecule has 0 spiro atoms. The van der Waals surface area contributed by atoms with Crippen LogP contribution in [0.5, 0.6) is 5.75 Å². The first kappa shape index (κ1) is 19.5. The van der Waals surface area contributed by atoms with Gasteiger partial charge in [-0.3, -0.25) is 4.79 Å². The molecule has 1 amide bonds. The van der Waals surface area contributed by atoms with Crippen molar-refractivity contribution in [3.05, 3.63) is 24.3 Å². The predicted molar refractivity (Wildman–Crippen MR) is 107 cm³/mol. The number of ether oxygens (including phenoxy) is 1. The lowest BCUT2D eigenvalue weighted by Crippen LogP contribution is -2.42. The van der Waals surface area contributed by atoms with Crippen LogP contribution in [0.25, 0.3) is 11.4 Å². The van der Waals surface area contributed by atoms with Crippen LogP contribution < -0.4 is 10.6 Å². The van der Waals surface area contributed by atoms with Crippen molar-refractivity contribution in [2.45, 2.75) is 55.5 Å². The predicted octanol–water partition coefficient (Wildman–Crippen LogP) is 2.94. The summed E-state index contributed by atoms with van der Waals surface area (Å²) in [4.78, 5) is 14.7. The minimum atomic E-state index is -0.271. The molecule has 0 radical (unpaired) electrons. The zero-order chi connectivity index (χ0) is 19.4. The Kier molecular flexibility index (Phi) is 6.26. The van der Waals surface area contributed by atoms with Crippen LogP contribution in [0, 0.1) is 0 Å². The van der Waals surface area contributed by atoms with E-state index >= 15 is 0 Å². The van der Waals surface area contributed by atoms with Gasteiger partial charge in [0.1, 0.15) is 5.75 Å². The molecule has 0 saturated heterocycles. The molecule has 1 heterocycles. The summed E-state index contributed by atoms with van der Waals surface area (Å²) in [6, 6.07) is 7.81. The normalized spacial score (nSPS) is 16.1. The molecule has 2 N–H and O–H groups in total. The zero-order valence-electron chi connectivity index (χ0n) is 16.1. The van der Waals surface area contributed by atoms with E-state index in [1.807, 2.05) is 43.1 Å². The van der Waals surface area contributed by atoms with E-state index in [9.17, 15) is 4.79 Å². The molecule has 1 fully saturated rings. The van der Waals surface area contributed by atoms with Gasteiger partial charge in [0.25, 0.3) is 0 Å². The van der Waals surface area contributed by atoms with Crippen LogP contribution in [0.3, 0.4) is 0 Å². The molecule has 0 aliphatic heterocycles. The average molecular weight is 390 g/mol. The van der Waals surface area contributed by atoms with Crippen molar-refractivity contribution in [3.8, 4) is 17.1 Å². The SMILES string of the molecule is COc1ccc(-c2nnc(S[C@@H](C)C(=O)N(C)C3CCCCC3)n2N)cc1. The summed E-state index contributed by atoms with van der Waals surface area (Å²) in [6.07, 6.45) is 5.86. The number of rotatable bonds is 6. The van der Waals surface area contributed by atoms with Gasteiger partial charge in [-0.05, 0) is 44.0 Å². The third-order valence-electron chi connectivity index (χ3n) is 5.11. The first-order valence-electron chi connectivity index (χ1n) is 9.29. The van der Waals surface area contributed by atoms with Gasteiger partial charge in [-0.15, -0.1) is 10.2 Å². The monoisotopic (exact) mass is 389 g/mol. The van der Waals surface area contributed by atoms with E-state index in [-0.39, 0.29) is 11.2 Å². The standard InChI is InChI=1S/C19H27N5O2S/c1-13(18(25)23(2)15-7-5-4-6-8-15)27-19-22-21-17(24(19)20)14-9-11-16(26-3)12-10-14/h9-13,15H,4-8,20H2,1-3H3/t13-/m0/s1. The number of carbonyl (C=O) groups excluding carboxylic acids is 1. The Bertz CT molecular complexity index is 771. The van der Waals surface area contributed by atoms with Crippen molar-refractivity contribution < 1.29 is 9.53 Å². The third-order valence-corrected chi connectivity index (χ3v) is 6.16. The van der Waals surface area contributed by atoms with Gasteiger partial charge in [-0.25, -0.2) is 4.68 Å². The summed E-state index contributed by atoms with van der Waals surface area (Å²) in [7, 11) is 3.53. The average Bonchev–Trinajstić information content (AvgIpc) is 3.07. The Hall–Kier alpha value is -2.22. The number of thioether (sulfide) groups is 1. The van der Waals surface area contributed by atoms with E-state index in [1.165, 1.54) is 35.7 Å². The van der Waals surface area contributed by atoms with Gasteiger partial charge < -0.3 is 15.5 Å². The molecular weight excluding hydrogens is 362 g/mol. The van der Waals surface area contributed by atoms with Crippen molar-refractivity contribution in [1.82, 2.24) is 19.8 Å². The van der Waals surface area contributed by atoms with E-state index < -0.39 is 0 Å². The highest BCUT2D eigenvalue weighted by Crippen LogP contribution is 2.28. The molecule has 1 aromatic heterocycles. The lowest BCUT2D eigenvalue weighted by Gasteiger charge is -2.32.